The largest absolute Gasteiger partial charge is 0.543 e. The van der Waals surface area contributed by atoms with Crippen LogP contribution in [0.25, 0.3) is 0 Å². The van der Waals surface area contributed by atoms with Crippen LogP contribution in [0.5, 0.6) is 0 Å². The fourth-order valence-electron chi connectivity index (χ4n) is 1.50. The lowest BCUT2D eigenvalue weighted by Crippen LogP contribution is -2.33. The van der Waals surface area contributed by atoms with E-state index in [1.807, 2.05) is 0 Å². The molecular weight excluding hydrogens is 308 g/mol. The number of esters is 1. The SMILES string of the molecule is CC(C)(C)OC(=O)CO/N=C(\C(=O)[O-])c1cccc([N+](=O)[O-])c1. The molecule has 1 aromatic rings. The highest BCUT2D eigenvalue weighted by Crippen LogP contribution is 2.14. The normalized spacial score (nSPS) is 11.7. The molecule has 1 aromatic carbocycles. The number of ether oxygens (including phenoxy) is 1. The summed E-state index contributed by atoms with van der Waals surface area (Å²) >= 11 is 0. The molecule has 0 saturated heterocycles. The number of hydrogen-bond acceptors (Lipinski definition) is 8. The van der Waals surface area contributed by atoms with Gasteiger partial charge in [-0.1, -0.05) is 17.3 Å². The van der Waals surface area contributed by atoms with E-state index in [1.54, 1.807) is 20.8 Å². The summed E-state index contributed by atoms with van der Waals surface area (Å²) in [6.45, 7) is 4.36. The Morgan fingerprint density at radius 1 is 1.30 bits per heavy atom. The van der Waals surface area contributed by atoms with Gasteiger partial charge >= 0.3 is 5.97 Å². The molecule has 0 saturated carbocycles. The van der Waals surface area contributed by atoms with E-state index in [0.29, 0.717) is 0 Å². The Balaban J connectivity index is 2.87. The van der Waals surface area contributed by atoms with Gasteiger partial charge in [0.15, 0.2) is 0 Å². The maximum atomic E-state index is 11.4. The van der Waals surface area contributed by atoms with E-state index in [2.05, 4.69) is 9.99 Å². The summed E-state index contributed by atoms with van der Waals surface area (Å²) in [5, 5.41) is 25.1. The number of non-ortho nitro benzene ring substituents is 1. The molecule has 0 aliphatic rings. The molecule has 0 aromatic heterocycles. The Hall–Kier alpha value is -2.97. The van der Waals surface area contributed by atoms with Crippen molar-refractivity contribution < 1.29 is 29.2 Å². The molecule has 0 heterocycles. The maximum absolute atomic E-state index is 11.4. The molecule has 0 spiro atoms. The average Bonchev–Trinajstić information content (AvgIpc) is 2.41. The number of carbonyl (C=O) groups is 2. The van der Waals surface area contributed by atoms with Crippen molar-refractivity contribution in [2.45, 2.75) is 26.4 Å². The van der Waals surface area contributed by atoms with Crippen LogP contribution in [0.1, 0.15) is 26.3 Å². The molecule has 9 heteroatoms. The summed E-state index contributed by atoms with van der Waals surface area (Å²) < 4.78 is 4.95. The van der Waals surface area contributed by atoms with Crippen molar-refractivity contribution in [3.05, 3.63) is 39.9 Å². The number of rotatable bonds is 6. The van der Waals surface area contributed by atoms with Gasteiger partial charge in [0.05, 0.1) is 10.9 Å². The van der Waals surface area contributed by atoms with Crippen molar-refractivity contribution in [3.63, 3.8) is 0 Å². The number of carboxylic acid groups (broad SMARTS) is 1. The van der Waals surface area contributed by atoms with Crippen molar-refractivity contribution in [2.75, 3.05) is 6.61 Å². The minimum Gasteiger partial charge on any atom is -0.543 e. The summed E-state index contributed by atoms with van der Waals surface area (Å²) in [6, 6.07) is 4.78. The maximum Gasteiger partial charge on any atom is 0.347 e. The van der Waals surface area contributed by atoms with Crippen LogP contribution >= 0.6 is 0 Å². The molecule has 124 valence electrons. The monoisotopic (exact) mass is 323 g/mol. The molecule has 23 heavy (non-hydrogen) atoms. The fourth-order valence-corrected chi connectivity index (χ4v) is 1.50. The number of aliphatic carboxylic acids is 1. The van der Waals surface area contributed by atoms with Crippen molar-refractivity contribution in [1.29, 1.82) is 0 Å². The second-order valence-electron chi connectivity index (χ2n) is 5.39. The highest BCUT2D eigenvalue weighted by atomic mass is 16.7. The number of carboxylic acids is 1. The number of nitro benzene ring substituents is 1. The van der Waals surface area contributed by atoms with E-state index < -0.39 is 34.8 Å². The van der Waals surface area contributed by atoms with E-state index in [-0.39, 0.29) is 11.3 Å². The van der Waals surface area contributed by atoms with Gasteiger partial charge in [0.1, 0.15) is 11.3 Å². The van der Waals surface area contributed by atoms with Gasteiger partial charge in [-0.2, -0.15) is 0 Å². The van der Waals surface area contributed by atoms with Crippen LogP contribution in [0.3, 0.4) is 0 Å². The van der Waals surface area contributed by atoms with Gasteiger partial charge in [0.2, 0.25) is 6.61 Å². The highest BCUT2D eigenvalue weighted by Gasteiger charge is 2.17. The van der Waals surface area contributed by atoms with Crippen LogP contribution in [0.4, 0.5) is 5.69 Å². The third kappa shape index (κ3) is 6.12. The summed E-state index contributed by atoms with van der Waals surface area (Å²) in [4.78, 5) is 37.2. The van der Waals surface area contributed by atoms with Gasteiger partial charge in [-0.25, -0.2) is 4.79 Å². The van der Waals surface area contributed by atoms with Crippen LogP contribution in [-0.2, 0) is 19.2 Å². The molecule has 9 nitrogen and oxygen atoms in total. The van der Waals surface area contributed by atoms with Gasteiger partial charge in [0, 0.05) is 17.7 Å². The van der Waals surface area contributed by atoms with Crippen molar-refractivity contribution in [1.82, 2.24) is 0 Å². The molecule has 0 N–H and O–H groups in total. The smallest absolute Gasteiger partial charge is 0.347 e. The third-order valence-corrected chi connectivity index (χ3v) is 2.28. The quantitative estimate of drug-likeness (QED) is 0.320. The zero-order valence-corrected chi connectivity index (χ0v) is 12.8. The Kier molecular flexibility index (Phi) is 5.77. The Morgan fingerprint density at radius 3 is 2.48 bits per heavy atom. The lowest BCUT2D eigenvalue weighted by atomic mass is 10.1. The lowest BCUT2D eigenvalue weighted by molar-refractivity contribution is -0.384. The number of nitrogens with zero attached hydrogens (tertiary/aromatic N) is 2. The molecule has 0 radical (unpaired) electrons. The topological polar surface area (TPSA) is 131 Å². The van der Waals surface area contributed by atoms with Gasteiger partial charge in [-0.3, -0.25) is 10.1 Å². The second kappa shape index (κ2) is 7.34. The predicted molar refractivity (Wildman–Crippen MR) is 76.4 cm³/mol. The van der Waals surface area contributed by atoms with E-state index in [1.165, 1.54) is 18.2 Å². The number of oxime groups is 1. The van der Waals surface area contributed by atoms with Crippen molar-refractivity contribution >= 4 is 23.3 Å². The standard InChI is InChI=1S/C14H16N2O7/c1-14(2,3)23-11(17)8-22-15-12(13(18)19)9-5-4-6-10(7-9)16(20)21/h4-7H,8H2,1-3H3,(H,18,19)/p-1/b15-12-. The van der Waals surface area contributed by atoms with Crippen molar-refractivity contribution in [3.8, 4) is 0 Å². The van der Waals surface area contributed by atoms with Crippen LogP contribution in [-0.4, -0.2) is 34.8 Å². The Morgan fingerprint density at radius 2 is 1.96 bits per heavy atom. The number of hydrogen-bond donors (Lipinski definition) is 0. The molecule has 0 fully saturated rings. The minimum atomic E-state index is -1.70. The Bertz CT molecular complexity index is 647. The Labute approximate surface area is 131 Å². The first-order valence-electron chi connectivity index (χ1n) is 6.48. The van der Waals surface area contributed by atoms with Gasteiger partial charge in [0.25, 0.3) is 5.69 Å². The first-order valence-corrected chi connectivity index (χ1v) is 6.48. The zero-order valence-electron chi connectivity index (χ0n) is 12.8. The average molecular weight is 323 g/mol. The summed E-state index contributed by atoms with van der Waals surface area (Å²) in [7, 11) is 0. The lowest BCUT2D eigenvalue weighted by Gasteiger charge is -2.18. The fraction of sp³-hybridized carbons (Fsp3) is 0.357. The number of nitro groups is 1. The van der Waals surface area contributed by atoms with Gasteiger partial charge in [-0.05, 0) is 20.8 Å². The summed E-state index contributed by atoms with van der Waals surface area (Å²) in [5.41, 5.74) is -1.79. The first-order chi connectivity index (χ1) is 10.6. The molecule has 0 unspecified atom stereocenters. The predicted octanol–water partition coefficient (Wildman–Crippen LogP) is 0.407. The van der Waals surface area contributed by atoms with Crippen LogP contribution in [0.2, 0.25) is 0 Å². The van der Waals surface area contributed by atoms with E-state index in [4.69, 9.17) is 4.74 Å². The van der Waals surface area contributed by atoms with Gasteiger partial charge in [-0.15, -0.1) is 0 Å². The third-order valence-electron chi connectivity index (χ3n) is 2.28. The molecule has 0 aliphatic heterocycles. The summed E-state index contributed by atoms with van der Waals surface area (Å²) in [5.74, 6) is -2.44. The molecular formula is C14H15N2O7-. The molecule has 1 rings (SSSR count). The molecule has 0 atom stereocenters. The van der Waals surface area contributed by atoms with Gasteiger partial charge < -0.3 is 19.5 Å². The van der Waals surface area contributed by atoms with Crippen LogP contribution < -0.4 is 5.11 Å². The van der Waals surface area contributed by atoms with E-state index in [9.17, 15) is 24.8 Å². The number of benzene rings is 1. The van der Waals surface area contributed by atoms with Crippen molar-refractivity contribution in [2.24, 2.45) is 5.16 Å². The zero-order chi connectivity index (χ0) is 17.6. The highest BCUT2D eigenvalue weighted by molar-refractivity contribution is 6.41. The molecule has 0 aliphatic carbocycles. The minimum absolute atomic E-state index is 0.0802. The second-order valence-corrected chi connectivity index (χ2v) is 5.39. The summed E-state index contributed by atoms with van der Waals surface area (Å²) in [6.07, 6.45) is 0. The van der Waals surface area contributed by atoms with Crippen LogP contribution in [0.15, 0.2) is 29.4 Å². The molecule has 0 bridgehead atoms. The molecule has 0 amide bonds. The van der Waals surface area contributed by atoms with E-state index >= 15 is 0 Å². The van der Waals surface area contributed by atoms with E-state index in [0.717, 1.165) is 6.07 Å². The first kappa shape index (κ1) is 18.1. The van der Waals surface area contributed by atoms with Crippen LogP contribution in [0, 0.1) is 10.1 Å². The number of carbonyl (C=O) groups excluding carboxylic acids is 2.